The van der Waals surface area contributed by atoms with Gasteiger partial charge in [0.1, 0.15) is 5.01 Å². The van der Waals surface area contributed by atoms with Gasteiger partial charge in [-0.3, -0.25) is 9.69 Å². The van der Waals surface area contributed by atoms with Crippen LogP contribution in [0.25, 0.3) is 4.96 Å². The number of aryl methyl sites for hydroxylation is 1. The number of hydrogen-bond donors (Lipinski definition) is 0. The molecule has 0 atom stereocenters. The van der Waals surface area contributed by atoms with Gasteiger partial charge in [-0.25, -0.2) is 9.78 Å². The van der Waals surface area contributed by atoms with Crippen molar-refractivity contribution in [3.8, 4) is 0 Å². The fourth-order valence-corrected chi connectivity index (χ4v) is 3.51. The molecule has 8 nitrogen and oxygen atoms in total. The van der Waals surface area contributed by atoms with Gasteiger partial charge in [0.25, 0.3) is 5.56 Å². The Morgan fingerprint density at radius 2 is 2.04 bits per heavy atom. The van der Waals surface area contributed by atoms with Crippen molar-refractivity contribution < 1.29 is 9.53 Å². The highest BCUT2D eigenvalue weighted by Crippen LogP contribution is 2.13. The first-order valence-corrected chi connectivity index (χ1v) is 8.95. The molecule has 2 aromatic heterocycles. The van der Waals surface area contributed by atoms with E-state index in [0.717, 1.165) is 30.2 Å². The molecule has 0 saturated carbocycles. The average molecular weight is 351 g/mol. The Morgan fingerprint density at radius 1 is 1.29 bits per heavy atom. The van der Waals surface area contributed by atoms with E-state index in [1.54, 1.807) is 17.9 Å². The second-order valence-corrected chi connectivity index (χ2v) is 6.63. The fraction of sp³-hybridized carbons (Fsp3) is 0.600. The van der Waals surface area contributed by atoms with Gasteiger partial charge in [-0.1, -0.05) is 18.3 Å². The molecule has 0 aromatic carbocycles. The van der Waals surface area contributed by atoms with Crippen LogP contribution in [0.2, 0.25) is 0 Å². The quantitative estimate of drug-likeness (QED) is 0.817. The van der Waals surface area contributed by atoms with E-state index in [2.05, 4.69) is 15.0 Å². The lowest BCUT2D eigenvalue weighted by Gasteiger charge is -2.33. The summed E-state index contributed by atoms with van der Waals surface area (Å²) in [4.78, 5) is 33.0. The van der Waals surface area contributed by atoms with E-state index in [9.17, 15) is 9.59 Å². The van der Waals surface area contributed by atoms with Crippen molar-refractivity contribution in [2.45, 2.75) is 26.8 Å². The minimum atomic E-state index is -0.258. The summed E-state index contributed by atoms with van der Waals surface area (Å²) in [5.74, 6) is 0. The second kappa shape index (κ2) is 7.27. The molecule has 0 spiro atoms. The molecule has 0 unspecified atom stereocenters. The highest BCUT2D eigenvalue weighted by Gasteiger charge is 2.22. The molecule has 24 heavy (non-hydrogen) atoms. The topological polar surface area (TPSA) is 80.0 Å². The molecule has 1 aliphatic rings. The van der Waals surface area contributed by atoms with Gasteiger partial charge in [-0.05, 0) is 13.3 Å². The zero-order valence-corrected chi connectivity index (χ0v) is 14.7. The number of carbonyl (C=O) groups excluding carboxylic acids is 1. The third-order valence-electron chi connectivity index (χ3n) is 3.93. The van der Waals surface area contributed by atoms with Crippen LogP contribution in [0.3, 0.4) is 0 Å². The van der Waals surface area contributed by atoms with Gasteiger partial charge in [-0.2, -0.15) is 9.61 Å². The first kappa shape index (κ1) is 16.8. The molecule has 1 amide bonds. The number of amides is 1. The number of nitrogens with zero attached hydrogens (tertiary/aromatic N) is 5. The molecule has 2 aromatic rings. The number of carbonyl (C=O) groups is 1. The number of ether oxygens (including phenoxy) is 1. The van der Waals surface area contributed by atoms with Crippen molar-refractivity contribution in [2.24, 2.45) is 0 Å². The maximum absolute atomic E-state index is 12.2. The van der Waals surface area contributed by atoms with Crippen molar-refractivity contribution in [1.29, 1.82) is 0 Å². The van der Waals surface area contributed by atoms with Crippen LogP contribution in [0.5, 0.6) is 0 Å². The van der Waals surface area contributed by atoms with Crippen LogP contribution in [0, 0.1) is 0 Å². The number of rotatable bonds is 4. The summed E-state index contributed by atoms with van der Waals surface area (Å²) in [7, 11) is 0. The summed E-state index contributed by atoms with van der Waals surface area (Å²) >= 11 is 1.45. The van der Waals surface area contributed by atoms with Gasteiger partial charge < -0.3 is 9.64 Å². The van der Waals surface area contributed by atoms with Crippen molar-refractivity contribution in [1.82, 2.24) is 24.4 Å². The van der Waals surface area contributed by atoms with Crippen LogP contribution in [0.4, 0.5) is 4.79 Å². The molecule has 1 saturated heterocycles. The van der Waals surface area contributed by atoms with Crippen LogP contribution in [0.1, 0.15) is 24.5 Å². The first-order chi connectivity index (χ1) is 11.6. The molecule has 3 heterocycles. The van der Waals surface area contributed by atoms with Gasteiger partial charge in [0, 0.05) is 38.8 Å². The van der Waals surface area contributed by atoms with Gasteiger partial charge in [0.05, 0.1) is 12.3 Å². The lowest BCUT2D eigenvalue weighted by atomic mass is 10.3. The summed E-state index contributed by atoms with van der Waals surface area (Å²) < 4.78 is 6.38. The SMILES string of the molecule is CCOC(=O)N1CCN(Cc2cc(=O)n3nc(CC)sc3n2)CC1. The molecule has 9 heteroatoms. The summed E-state index contributed by atoms with van der Waals surface area (Å²) in [6.07, 6.45) is 0.533. The molecular weight excluding hydrogens is 330 g/mol. The summed E-state index contributed by atoms with van der Waals surface area (Å²) in [5, 5.41) is 5.16. The molecule has 0 radical (unpaired) electrons. The summed E-state index contributed by atoms with van der Waals surface area (Å²) in [6.45, 7) is 7.53. The van der Waals surface area contributed by atoms with E-state index in [0.29, 0.717) is 31.2 Å². The molecule has 0 bridgehead atoms. The zero-order valence-electron chi connectivity index (χ0n) is 13.9. The fourth-order valence-electron chi connectivity index (χ4n) is 2.65. The second-order valence-electron chi connectivity index (χ2n) is 5.59. The predicted molar refractivity (Wildman–Crippen MR) is 90.4 cm³/mol. The third-order valence-corrected chi connectivity index (χ3v) is 4.98. The molecule has 0 aliphatic carbocycles. The maximum Gasteiger partial charge on any atom is 0.409 e. The smallest absolute Gasteiger partial charge is 0.409 e. The highest BCUT2D eigenvalue weighted by atomic mass is 32.1. The zero-order chi connectivity index (χ0) is 17.1. The lowest BCUT2D eigenvalue weighted by Crippen LogP contribution is -2.48. The van der Waals surface area contributed by atoms with Crippen LogP contribution in [-0.2, 0) is 17.7 Å². The number of piperazine rings is 1. The van der Waals surface area contributed by atoms with Crippen LogP contribution < -0.4 is 5.56 Å². The van der Waals surface area contributed by atoms with E-state index >= 15 is 0 Å². The summed E-state index contributed by atoms with van der Waals surface area (Å²) in [5.41, 5.74) is 0.604. The monoisotopic (exact) mass is 351 g/mol. The Hall–Kier alpha value is -2.00. The lowest BCUT2D eigenvalue weighted by molar-refractivity contribution is 0.0775. The third kappa shape index (κ3) is 3.57. The van der Waals surface area contributed by atoms with Crippen molar-refractivity contribution >= 4 is 22.4 Å². The Kier molecular flexibility index (Phi) is 5.10. The first-order valence-electron chi connectivity index (χ1n) is 8.13. The Morgan fingerprint density at radius 3 is 2.71 bits per heavy atom. The minimum Gasteiger partial charge on any atom is -0.450 e. The van der Waals surface area contributed by atoms with E-state index in [-0.39, 0.29) is 11.7 Å². The van der Waals surface area contributed by atoms with Crippen LogP contribution in [0.15, 0.2) is 10.9 Å². The Labute approximate surface area is 143 Å². The normalized spacial score (nSPS) is 15.8. The van der Waals surface area contributed by atoms with E-state index in [1.165, 1.54) is 15.9 Å². The minimum absolute atomic E-state index is 0.142. The highest BCUT2D eigenvalue weighted by molar-refractivity contribution is 7.16. The summed E-state index contributed by atoms with van der Waals surface area (Å²) in [6, 6.07) is 1.55. The van der Waals surface area contributed by atoms with Gasteiger partial charge >= 0.3 is 6.09 Å². The van der Waals surface area contributed by atoms with Gasteiger partial charge in [0.15, 0.2) is 0 Å². The van der Waals surface area contributed by atoms with Crippen LogP contribution in [-0.4, -0.2) is 63.3 Å². The van der Waals surface area contributed by atoms with Gasteiger partial charge in [0.2, 0.25) is 4.96 Å². The number of aromatic nitrogens is 3. The van der Waals surface area contributed by atoms with Crippen molar-refractivity contribution in [3.05, 3.63) is 27.1 Å². The number of hydrogen-bond acceptors (Lipinski definition) is 7. The largest absolute Gasteiger partial charge is 0.450 e. The maximum atomic E-state index is 12.2. The average Bonchev–Trinajstić information content (AvgIpc) is 2.99. The predicted octanol–water partition coefficient (Wildman–Crippen LogP) is 0.988. The van der Waals surface area contributed by atoms with Crippen molar-refractivity contribution in [3.63, 3.8) is 0 Å². The molecule has 1 fully saturated rings. The van der Waals surface area contributed by atoms with Gasteiger partial charge in [-0.15, -0.1) is 0 Å². The van der Waals surface area contributed by atoms with E-state index < -0.39 is 0 Å². The van der Waals surface area contributed by atoms with Crippen molar-refractivity contribution in [2.75, 3.05) is 32.8 Å². The van der Waals surface area contributed by atoms with Crippen LogP contribution >= 0.6 is 11.3 Å². The Balaban J connectivity index is 1.66. The molecule has 1 aliphatic heterocycles. The standard InChI is InChI=1S/C15H21N5O3S/c1-3-12-17-20-13(21)9-11(16-14(20)24-12)10-18-5-7-19(8-6-18)15(22)23-4-2/h9H,3-8,10H2,1-2H3. The molecule has 0 N–H and O–H groups in total. The molecule has 130 valence electrons. The van der Waals surface area contributed by atoms with E-state index in [4.69, 9.17) is 4.74 Å². The van der Waals surface area contributed by atoms with E-state index in [1.807, 2.05) is 6.92 Å². The molecule has 3 rings (SSSR count). The Bertz CT molecular complexity index is 779. The number of fused-ring (bicyclic) bond motifs is 1. The molecular formula is C15H21N5O3S.